The number of ether oxygens (including phenoxy) is 1. The molecular weight excluding hydrogens is 478 g/mol. The van der Waals surface area contributed by atoms with Crippen molar-refractivity contribution >= 4 is 5.71 Å². The van der Waals surface area contributed by atoms with Gasteiger partial charge in [-0.3, -0.25) is 0 Å². The van der Waals surface area contributed by atoms with Gasteiger partial charge in [0.15, 0.2) is 0 Å². The Kier molecular flexibility index (Phi) is 7.54. The molecule has 3 rings (SSSR count). The quantitative estimate of drug-likeness (QED) is 0.205. The lowest BCUT2D eigenvalue weighted by atomic mass is 9.76. The largest absolute Gasteiger partial charge is 0.416 e. The summed E-state index contributed by atoms with van der Waals surface area (Å²) < 4.78 is 85.4. The zero-order valence-corrected chi connectivity index (χ0v) is 19.0. The first-order chi connectivity index (χ1) is 16.2. The highest BCUT2D eigenvalue weighted by atomic mass is 19.4. The predicted molar refractivity (Wildman–Crippen MR) is 116 cm³/mol. The first kappa shape index (κ1) is 27.0. The van der Waals surface area contributed by atoms with E-state index in [0.717, 1.165) is 5.56 Å². The molecule has 1 aliphatic rings. The smallest absolute Gasteiger partial charge is 0.411 e. The minimum absolute atomic E-state index is 0.00267. The van der Waals surface area contributed by atoms with Crippen molar-refractivity contribution in [1.29, 1.82) is 0 Å². The van der Waals surface area contributed by atoms with Crippen LogP contribution in [0.2, 0.25) is 0 Å². The Morgan fingerprint density at radius 1 is 1.03 bits per heavy atom. The first-order valence-electron chi connectivity index (χ1n) is 10.8. The molecule has 1 heterocycles. The van der Waals surface area contributed by atoms with Gasteiger partial charge in [0.25, 0.3) is 0 Å². The lowest BCUT2D eigenvalue weighted by Gasteiger charge is -2.45. The van der Waals surface area contributed by atoms with Gasteiger partial charge in [-0.1, -0.05) is 35.5 Å². The van der Waals surface area contributed by atoms with Crippen LogP contribution in [0.3, 0.4) is 0 Å². The molecule has 192 valence electrons. The maximum absolute atomic E-state index is 13.3. The van der Waals surface area contributed by atoms with Crippen molar-refractivity contribution in [3.05, 3.63) is 70.8 Å². The molecule has 11 heteroatoms. The van der Waals surface area contributed by atoms with Gasteiger partial charge in [-0.25, -0.2) is 0 Å². The number of hydrogen-bond donors (Lipinski definition) is 3. The summed E-state index contributed by atoms with van der Waals surface area (Å²) in [6.45, 7) is 2.76. The third-order valence-electron chi connectivity index (χ3n) is 6.49. The monoisotopic (exact) mass is 504 g/mol. The van der Waals surface area contributed by atoms with Gasteiger partial charge in [0.2, 0.25) is 0 Å². The van der Waals surface area contributed by atoms with Gasteiger partial charge >= 0.3 is 12.4 Å². The maximum atomic E-state index is 13.3. The number of rotatable bonds is 6. The van der Waals surface area contributed by atoms with E-state index < -0.39 is 40.7 Å². The molecule has 0 spiro atoms. The van der Waals surface area contributed by atoms with Crippen LogP contribution >= 0.6 is 0 Å². The standard InChI is InChI=1S/C24H26F6N2O3/c1-15(17-10-19(23(25,26)27)12-20(11-17)24(28,29)30)35-14-21(18-6-4-3-5-7-18)8-9-22(33,13-31-21)16(2)32-34/h3-7,10-12,15,31,33-34H,8-9,13-14H2,1-2H3/b32-16+/t15?,21-,22?/m1/s1. The van der Waals surface area contributed by atoms with Crippen LogP contribution in [0.4, 0.5) is 26.3 Å². The SMILES string of the molecule is C/C(=N\O)C1(O)CC[C@@](COC(C)c2cc(C(F)(F)F)cc(C(F)(F)F)c2)(c2ccccc2)NC1. The summed E-state index contributed by atoms with van der Waals surface area (Å²) in [5, 5.41) is 26.1. The van der Waals surface area contributed by atoms with Gasteiger partial charge in [0.05, 0.1) is 35.1 Å². The Labute approximate surface area is 198 Å². The second-order valence-corrected chi connectivity index (χ2v) is 8.81. The molecule has 1 fully saturated rings. The molecule has 0 bridgehead atoms. The highest BCUT2D eigenvalue weighted by Crippen LogP contribution is 2.39. The van der Waals surface area contributed by atoms with E-state index in [4.69, 9.17) is 9.94 Å². The van der Waals surface area contributed by atoms with Gasteiger partial charge in [0.1, 0.15) is 5.60 Å². The van der Waals surface area contributed by atoms with E-state index in [9.17, 15) is 31.4 Å². The summed E-state index contributed by atoms with van der Waals surface area (Å²) in [7, 11) is 0. The first-order valence-corrected chi connectivity index (χ1v) is 10.8. The number of β-amino-alcohol motifs (C(OH)–C–C–N with tert-alkyl or cyclic N) is 1. The summed E-state index contributed by atoms with van der Waals surface area (Å²) in [6.07, 6.45) is -10.5. The Hall–Kier alpha value is -2.63. The number of nitrogens with one attached hydrogen (secondary N) is 1. The topological polar surface area (TPSA) is 74.1 Å². The van der Waals surface area contributed by atoms with E-state index >= 15 is 0 Å². The minimum atomic E-state index is -4.96. The number of hydrogen-bond acceptors (Lipinski definition) is 5. The summed E-state index contributed by atoms with van der Waals surface area (Å²) >= 11 is 0. The fraction of sp³-hybridized carbons (Fsp3) is 0.458. The van der Waals surface area contributed by atoms with Gasteiger partial charge in [0, 0.05) is 6.54 Å². The Bertz CT molecular complexity index is 1010. The lowest BCUT2D eigenvalue weighted by molar-refractivity contribution is -0.143. The van der Waals surface area contributed by atoms with E-state index in [1.54, 1.807) is 18.2 Å². The van der Waals surface area contributed by atoms with Crippen LogP contribution in [0.25, 0.3) is 0 Å². The molecule has 2 aromatic rings. The summed E-state index contributed by atoms with van der Waals surface area (Å²) in [4.78, 5) is 0. The van der Waals surface area contributed by atoms with Crippen molar-refractivity contribution in [1.82, 2.24) is 5.32 Å². The third-order valence-corrected chi connectivity index (χ3v) is 6.49. The molecule has 0 aliphatic carbocycles. The van der Waals surface area contributed by atoms with Crippen molar-refractivity contribution in [3.63, 3.8) is 0 Å². The highest BCUT2D eigenvalue weighted by molar-refractivity contribution is 5.90. The zero-order valence-electron chi connectivity index (χ0n) is 19.0. The van der Waals surface area contributed by atoms with Crippen molar-refractivity contribution in [2.75, 3.05) is 13.2 Å². The van der Waals surface area contributed by atoms with Crippen molar-refractivity contribution in [3.8, 4) is 0 Å². The Morgan fingerprint density at radius 3 is 2.06 bits per heavy atom. The van der Waals surface area contributed by atoms with Crippen LogP contribution in [0.1, 0.15) is 55.0 Å². The molecule has 2 aromatic carbocycles. The van der Waals surface area contributed by atoms with Crippen LogP contribution in [0.15, 0.2) is 53.7 Å². The van der Waals surface area contributed by atoms with Crippen LogP contribution < -0.4 is 5.32 Å². The normalized spacial score (nSPS) is 24.9. The zero-order chi connectivity index (χ0) is 26.1. The van der Waals surface area contributed by atoms with Gasteiger partial charge in [-0.2, -0.15) is 26.3 Å². The Balaban J connectivity index is 1.89. The third kappa shape index (κ3) is 5.96. The van der Waals surface area contributed by atoms with Gasteiger partial charge in [-0.15, -0.1) is 0 Å². The number of piperidine rings is 1. The molecule has 1 aliphatic heterocycles. The number of nitrogens with zero attached hydrogens (tertiary/aromatic N) is 1. The molecule has 2 unspecified atom stereocenters. The van der Waals surface area contributed by atoms with Gasteiger partial charge in [-0.05, 0) is 56.0 Å². The summed E-state index contributed by atoms with van der Waals surface area (Å²) in [6, 6.07) is 10.4. The lowest BCUT2D eigenvalue weighted by Crippen LogP contribution is -2.60. The van der Waals surface area contributed by atoms with Crippen LogP contribution in [0, 0.1) is 0 Å². The summed E-state index contributed by atoms with van der Waals surface area (Å²) in [5.41, 5.74) is -4.48. The number of oxime groups is 1. The average Bonchev–Trinajstić information content (AvgIpc) is 2.82. The molecule has 0 amide bonds. The highest BCUT2D eigenvalue weighted by Gasteiger charge is 2.45. The number of halogens is 6. The second kappa shape index (κ2) is 9.79. The fourth-order valence-electron chi connectivity index (χ4n) is 4.10. The van der Waals surface area contributed by atoms with E-state index in [0.29, 0.717) is 18.6 Å². The average molecular weight is 504 g/mol. The molecule has 35 heavy (non-hydrogen) atoms. The predicted octanol–water partition coefficient (Wildman–Crippen LogP) is 5.66. The molecule has 0 saturated carbocycles. The van der Waals surface area contributed by atoms with Gasteiger partial charge < -0.3 is 20.4 Å². The molecule has 5 nitrogen and oxygen atoms in total. The van der Waals surface area contributed by atoms with Crippen LogP contribution in [-0.4, -0.2) is 34.8 Å². The molecular formula is C24H26F6N2O3. The maximum Gasteiger partial charge on any atom is 0.416 e. The van der Waals surface area contributed by atoms with Crippen LogP contribution in [-0.2, 0) is 22.6 Å². The fourth-order valence-corrected chi connectivity index (χ4v) is 4.10. The number of alkyl halides is 6. The van der Waals surface area contributed by atoms with Crippen molar-refractivity contribution in [2.45, 2.75) is 56.3 Å². The minimum Gasteiger partial charge on any atom is -0.411 e. The molecule has 1 saturated heterocycles. The molecule has 0 radical (unpaired) electrons. The summed E-state index contributed by atoms with van der Waals surface area (Å²) in [5.74, 6) is 0. The van der Waals surface area contributed by atoms with Crippen molar-refractivity contribution in [2.24, 2.45) is 5.16 Å². The number of aliphatic hydroxyl groups is 1. The Morgan fingerprint density at radius 2 is 1.60 bits per heavy atom. The van der Waals surface area contributed by atoms with E-state index in [-0.39, 0.29) is 36.9 Å². The second-order valence-electron chi connectivity index (χ2n) is 8.81. The van der Waals surface area contributed by atoms with E-state index in [1.807, 2.05) is 12.1 Å². The van der Waals surface area contributed by atoms with E-state index in [1.165, 1.54) is 13.8 Å². The molecule has 3 N–H and O–H groups in total. The molecule has 3 atom stereocenters. The number of benzene rings is 2. The van der Waals surface area contributed by atoms with Crippen LogP contribution in [0.5, 0.6) is 0 Å². The molecule has 0 aromatic heterocycles. The van der Waals surface area contributed by atoms with E-state index in [2.05, 4.69) is 10.5 Å². The van der Waals surface area contributed by atoms with Crippen molar-refractivity contribution < 1.29 is 41.4 Å².